The molecule has 0 saturated carbocycles. The van der Waals surface area contributed by atoms with Crippen molar-refractivity contribution in [2.45, 2.75) is 72.1 Å². The molecule has 0 saturated heterocycles. The quantitative estimate of drug-likeness (QED) is 0.434. The zero-order chi connectivity index (χ0) is 15.9. The van der Waals surface area contributed by atoms with Gasteiger partial charge in [0.25, 0.3) is 0 Å². The van der Waals surface area contributed by atoms with Gasteiger partial charge in [-0.25, -0.2) is 10.8 Å². The van der Waals surface area contributed by atoms with E-state index < -0.39 is 0 Å². The van der Waals surface area contributed by atoms with E-state index in [1.54, 1.807) is 0 Å². The second-order valence-corrected chi connectivity index (χ2v) is 6.48. The topological polar surface area (TPSA) is 73.1 Å². The van der Waals surface area contributed by atoms with Crippen LogP contribution in [0.25, 0.3) is 0 Å². The van der Waals surface area contributed by atoms with Crippen molar-refractivity contribution in [3.05, 3.63) is 11.4 Å². The van der Waals surface area contributed by atoms with Gasteiger partial charge in [0.2, 0.25) is 5.88 Å². The molecule has 5 nitrogen and oxygen atoms in total. The molecule has 0 bridgehead atoms. The van der Waals surface area contributed by atoms with Gasteiger partial charge in [0.05, 0.1) is 12.2 Å². The molecule has 0 fully saturated rings. The number of rotatable bonds is 8. The van der Waals surface area contributed by atoms with Crippen molar-refractivity contribution in [2.24, 2.45) is 5.84 Å². The van der Waals surface area contributed by atoms with Gasteiger partial charge >= 0.3 is 0 Å². The highest BCUT2D eigenvalue weighted by Crippen LogP contribution is 2.27. The molecule has 0 aliphatic carbocycles. The molecule has 0 aliphatic heterocycles. The molecule has 0 amide bonds. The predicted molar refractivity (Wildman–Crippen MR) is 87.5 cm³/mol. The van der Waals surface area contributed by atoms with Crippen molar-refractivity contribution >= 4 is 5.82 Å². The summed E-state index contributed by atoms with van der Waals surface area (Å²) in [6, 6.07) is 0. The fraction of sp³-hybridized carbons (Fsp3) is 0.750. The van der Waals surface area contributed by atoms with E-state index >= 15 is 0 Å². The molecule has 0 aromatic carbocycles. The van der Waals surface area contributed by atoms with Gasteiger partial charge in [0.1, 0.15) is 5.82 Å². The third kappa shape index (κ3) is 5.50. The standard InChI is InChI=1S/C16H30N4O/c1-6-7-8-9-10-11-21-14-12(2)13(20-17)18-15(19-14)16(3,4)5/h6-11,17H2,1-5H3,(H,18,19,20). The first-order valence-corrected chi connectivity index (χ1v) is 7.88. The number of hydrazine groups is 1. The van der Waals surface area contributed by atoms with Crippen molar-refractivity contribution in [1.82, 2.24) is 9.97 Å². The molecule has 1 aromatic rings. The largest absolute Gasteiger partial charge is 0.477 e. The summed E-state index contributed by atoms with van der Waals surface area (Å²) in [5, 5.41) is 0. The van der Waals surface area contributed by atoms with Crippen LogP contribution in [0.3, 0.4) is 0 Å². The molecular formula is C16H30N4O. The van der Waals surface area contributed by atoms with Gasteiger partial charge in [-0.1, -0.05) is 53.4 Å². The average molecular weight is 294 g/mol. The summed E-state index contributed by atoms with van der Waals surface area (Å²) in [5.41, 5.74) is 3.36. The zero-order valence-electron chi connectivity index (χ0n) is 14.1. The third-order valence-corrected chi connectivity index (χ3v) is 3.40. The first kappa shape index (κ1) is 17.7. The zero-order valence-corrected chi connectivity index (χ0v) is 14.1. The summed E-state index contributed by atoms with van der Waals surface area (Å²) in [5.74, 6) is 7.56. The predicted octanol–water partition coefficient (Wildman–Crippen LogP) is 3.72. The van der Waals surface area contributed by atoms with Gasteiger partial charge in [-0.05, 0) is 13.3 Å². The molecule has 1 rings (SSSR count). The highest BCUT2D eigenvalue weighted by atomic mass is 16.5. The summed E-state index contributed by atoms with van der Waals surface area (Å²) in [4.78, 5) is 9.02. The molecule has 0 aliphatic rings. The van der Waals surface area contributed by atoms with Gasteiger partial charge in [-0.2, -0.15) is 4.98 Å². The smallest absolute Gasteiger partial charge is 0.221 e. The lowest BCUT2D eigenvalue weighted by Crippen LogP contribution is -2.20. The number of nitrogens with two attached hydrogens (primary N) is 1. The molecular weight excluding hydrogens is 264 g/mol. The molecule has 21 heavy (non-hydrogen) atoms. The van der Waals surface area contributed by atoms with E-state index in [4.69, 9.17) is 10.6 Å². The van der Waals surface area contributed by atoms with Crippen LogP contribution in [0.15, 0.2) is 0 Å². The Labute approximate surface area is 128 Å². The normalized spacial score (nSPS) is 11.5. The van der Waals surface area contributed by atoms with Crippen LogP contribution in [-0.2, 0) is 5.41 Å². The Hall–Kier alpha value is -1.36. The van der Waals surface area contributed by atoms with E-state index in [0.717, 1.165) is 17.8 Å². The number of hydrogen-bond acceptors (Lipinski definition) is 5. The van der Waals surface area contributed by atoms with Crippen molar-refractivity contribution in [1.29, 1.82) is 0 Å². The Kier molecular flexibility index (Phi) is 6.89. The van der Waals surface area contributed by atoms with Crippen LogP contribution in [0.1, 0.15) is 71.2 Å². The molecule has 1 aromatic heterocycles. The lowest BCUT2D eigenvalue weighted by atomic mass is 9.95. The van der Waals surface area contributed by atoms with Crippen LogP contribution in [0.4, 0.5) is 5.82 Å². The minimum absolute atomic E-state index is 0.140. The Morgan fingerprint density at radius 1 is 1.10 bits per heavy atom. The van der Waals surface area contributed by atoms with Crippen molar-refractivity contribution in [3.63, 3.8) is 0 Å². The fourth-order valence-corrected chi connectivity index (χ4v) is 1.99. The van der Waals surface area contributed by atoms with E-state index in [-0.39, 0.29) is 5.41 Å². The number of anilines is 1. The highest BCUT2D eigenvalue weighted by Gasteiger charge is 2.21. The van der Waals surface area contributed by atoms with Crippen molar-refractivity contribution < 1.29 is 4.74 Å². The maximum atomic E-state index is 5.85. The molecule has 0 unspecified atom stereocenters. The van der Waals surface area contributed by atoms with E-state index in [1.807, 2.05) is 6.92 Å². The van der Waals surface area contributed by atoms with Gasteiger partial charge in [0, 0.05) is 5.41 Å². The number of nitrogens with one attached hydrogen (secondary N) is 1. The maximum Gasteiger partial charge on any atom is 0.221 e. The number of unbranched alkanes of at least 4 members (excludes halogenated alkanes) is 4. The highest BCUT2D eigenvalue weighted by molar-refractivity contribution is 5.48. The molecule has 3 N–H and O–H groups in total. The summed E-state index contributed by atoms with van der Waals surface area (Å²) in [7, 11) is 0. The Morgan fingerprint density at radius 3 is 2.33 bits per heavy atom. The van der Waals surface area contributed by atoms with Crippen LogP contribution in [0, 0.1) is 6.92 Å². The number of hydrogen-bond donors (Lipinski definition) is 2. The second kappa shape index (κ2) is 8.17. The summed E-state index contributed by atoms with van der Waals surface area (Å²) in [6.45, 7) is 11.1. The first-order valence-electron chi connectivity index (χ1n) is 7.88. The van der Waals surface area contributed by atoms with Crippen LogP contribution >= 0.6 is 0 Å². The third-order valence-electron chi connectivity index (χ3n) is 3.40. The van der Waals surface area contributed by atoms with E-state index in [1.165, 1.54) is 25.7 Å². The Bertz CT molecular complexity index is 441. The number of nitrogens with zero attached hydrogens (tertiary/aromatic N) is 2. The van der Waals surface area contributed by atoms with Gasteiger partial charge < -0.3 is 10.2 Å². The Morgan fingerprint density at radius 2 is 1.76 bits per heavy atom. The van der Waals surface area contributed by atoms with Gasteiger partial charge in [0.15, 0.2) is 5.82 Å². The summed E-state index contributed by atoms with van der Waals surface area (Å²) >= 11 is 0. The van der Waals surface area contributed by atoms with E-state index in [2.05, 4.69) is 43.1 Å². The summed E-state index contributed by atoms with van der Waals surface area (Å²) < 4.78 is 5.85. The molecule has 0 atom stereocenters. The monoisotopic (exact) mass is 294 g/mol. The Balaban J connectivity index is 2.72. The lowest BCUT2D eigenvalue weighted by Gasteiger charge is -2.20. The number of aromatic nitrogens is 2. The molecule has 0 radical (unpaired) electrons. The van der Waals surface area contributed by atoms with Gasteiger partial charge in [-0.15, -0.1) is 0 Å². The number of nitrogen functional groups attached to an aromatic ring is 1. The van der Waals surface area contributed by atoms with Crippen LogP contribution in [-0.4, -0.2) is 16.6 Å². The van der Waals surface area contributed by atoms with Gasteiger partial charge in [-0.3, -0.25) is 0 Å². The number of ether oxygens (including phenoxy) is 1. The lowest BCUT2D eigenvalue weighted by molar-refractivity contribution is 0.288. The molecule has 0 spiro atoms. The molecule has 1 heterocycles. The minimum atomic E-state index is -0.140. The maximum absolute atomic E-state index is 5.85. The first-order chi connectivity index (χ1) is 9.90. The molecule has 5 heteroatoms. The summed E-state index contributed by atoms with van der Waals surface area (Å²) in [6.07, 6.45) is 6.07. The van der Waals surface area contributed by atoms with E-state index in [9.17, 15) is 0 Å². The SMILES string of the molecule is CCCCCCCOc1nc(C(C)(C)C)nc(NN)c1C. The molecule has 120 valence electrons. The van der Waals surface area contributed by atoms with Crippen molar-refractivity contribution in [3.8, 4) is 5.88 Å². The fourth-order valence-electron chi connectivity index (χ4n) is 1.99. The van der Waals surface area contributed by atoms with E-state index in [0.29, 0.717) is 18.3 Å². The minimum Gasteiger partial charge on any atom is -0.477 e. The average Bonchev–Trinajstić information content (AvgIpc) is 2.43. The second-order valence-electron chi connectivity index (χ2n) is 6.48. The van der Waals surface area contributed by atoms with Crippen LogP contribution in [0.2, 0.25) is 0 Å². The van der Waals surface area contributed by atoms with Crippen LogP contribution in [0.5, 0.6) is 5.88 Å². The van der Waals surface area contributed by atoms with Crippen molar-refractivity contribution in [2.75, 3.05) is 12.0 Å². The van der Waals surface area contributed by atoms with Crippen LogP contribution < -0.4 is 16.0 Å².